The van der Waals surface area contributed by atoms with E-state index in [-0.39, 0.29) is 11.2 Å². The maximum Gasteiger partial charge on any atom is 0.319 e. The predicted molar refractivity (Wildman–Crippen MR) is 60.8 cm³/mol. The molecule has 0 saturated carbocycles. The Labute approximate surface area is 94.2 Å². The molecule has 0 aliphatic carbocycles. The van der Waals surface area contributed by atoms with E-state index in [0.29, 0.717) is 6.61 Å². The van der Waals surface area contributed by atoms with Crippen LogP contribution in [-0.4, -0.2) is 22.8 Å². The molecule has 0 fully saturated rings. The van der Waals surface area contributed by atoms with Gasteiger partial charge in [-0.3, -0.25) is 9.78 Å². The zero-order chi connectivity index (χ0) is 11.1. The van der Waals surface area contributed by atoms with Gasteiger partial charge in [-0.1, -0.05) is 6.92 Å². The lowest BCUT2D eigenvalue weighted by Crippen LogP contribution is -2.19. The zero-order valence-corrected chi connectivity index (χ0v) is 9.79. The summed E-state index contributed by atoms with van der Waals surface area (Å²) in [7, 11) is 0. The molecule has 82 valence electrons. The van der Waals surface area contributed by atoms with Crippen LogP contribution in [0.15, 0.2) is 29.4 Å². The van der Waals surface area contributed by atoms with E-state index >= 15 is 0 Å². The summed E-state index contributed by atoms with van der Waals surface area (Å²) in [5, 5.41) is -0.118. The van der Waals surface area contributed by atoms with Crippen molar-refractivity contribution in [2.45, 2.75) is 30.4 Å². The molecular formula is C11H15NO2S. The third-order valence-electron chi connectivity index (χ3n) is 1.85. The number of hydrogen-bond donors (Lipinski definition) is 0. The van der Waals surface area contributed by atoms with E-state index in [9.17, 15) is 4.79 Å². The summed E-state index contributed by atoms with van der Waals surface area (Å²) in [6.45, 7) is 4.24. The summed E-state index contributed by atoms with van der Waals surface area (Å²) < 4.78 is 4.99. The molecule has 0 bridgehead atoms. The summed E-state index contributed by atoms with van der Waals surface area (Å²) in [5.41, 5.74) is 0. The minimum Gasteiger partial charge on any atom is -0.465 e. The van der Waals surface area contributed by atoms with Gasteiger partial charge in [-0.25, -0.2) is 0 Å². The van der Waals surface area contributed by atoms with Crippen LogP contribution < -0.4 is 0 Å². The smallest absolute Gasteiger partial charge is 0.319 e. The fourth-order valence-electron chi connectivity index (χ4n) is 1.11. The highest BCUT2D eigenvalue weighted by Gasteiger charge is 2.18. The summed E-state index contributed by atoms with van der Waals surface area (Å²) >= 11 is 1.52. The van der Waals surface area contributed by atoms with Crippen LogP contribution in [0, 0.1) is 0 Å². The van der Waals surface area contributed by atoms with Crippen molar-refractivity contribution in [3.05, 3.63) is 24.5 Å². The minimum atomic E-state index is -0.137. The molecular weight excluding hydrogens is 210 g/mol. The SMILES string of the molecule is CCOC(=O)C(CC)Sc1ccncc1. The van der Waals surface area contributed by atoms with Crippen molar-refractivity contribution < 1.29 is 9.53 Å². The van der Waals surface area contributed by atoms with Gasteiger partial charge in [0.2, 0.25) is 0 Å². The molecule has 0 aliphatic heterocycles. The minimum absolute atomic E-state index is 0.118. The van der Waals surface area contributed by atoms with Crippen LogP contribution in [0.5, 0.6) is 0 Å². The second-order valence-electron chi connectivity index (χ2n) is 2.95. The van der Waals surface area contributed by atoms with E-state index in [0.717, 1.165) is 11.3 Å². The quantitative estimate of drug-likeness (QED) is 0.570. The highest BCUT2D eigenvalue weighted by molar-refractivity contribution is 8.00. The number of ether oxygens (including phenoxy) is 1. The first kappa shape index (κ1) is 12.0. The standard InChI is InChI=1S/C11H15NO2S/c1-3-10(11(13)14-4-2)15-9-5-7-12-8-6-9/h5-8,10H,3-4H2,1-2H3. The van der Waals surface area contributed by atoms with Crippen molar-refractivity contribution in [3.63, 3.8) is 0 Å². The van der Waals surface area contributed by atoms with Crippen molar-refractivity contribution in [1.82, 2.24) is 4.98 Å². The van der Waals surface area contributed by atoms with Crippen LogP contribution in [-0.2, 0) is 9.53 Å². The van der Waals surface area contributed by atoms with Gasteiger partial charge < -0.3 is 4.74 Å². The molecule has 1 atom stereocenters. The average molecular weight is 225 g/mol. The van der Waals surface area contributed by atoms with Crippen LogP contribution in [0.3, 0.4) is 0 Å². The molecule has 3 nitrogen and oxygen atoms in total. The van der Waals surface area contributed by atoms with E-state index in [2.05, 4.69) is 4.98 Å². The monoisotopic (exact) mass is 225 g/mol. The van der Waals surface area contributed by atoms with E-state index in [1.807, 2.05) is 26.0 Å². The molecule has 0 N–H and O–H groups in total. The van der Waals surface area contributed by atoms with Gasteiger partial charge in [0.05, 0.1) is 6.61 Å². The zero-order valence-electron chi connectivity index (χ0n) is 8.97. The lowest BCUT2D eigenvalue weighted by Gasteiger charge is -2.12. The maximum absolute atomic E-state index is 11.5. The van der Waals surface area contributed by atoms with Gasteiger partial charge in [0, 0.05) is 17.3 Å². The summed E-state index contributed by atoms with van der Waals surface area (Å²) in [4.78, 5) is 16.5. The first-order valence-corrected chi connectivity index (χ1v) is 5.89. The number of pyridine rings is 1. The molecule has 0 aromatic carbocycles. The largest absolute Gasteiger partial charge is 0.465 e. The van der Waals surface area contributed by atoms with Crippen LogP contribution in [0.1, 0.15) is 20.3 Å². The second kappa shape index (κ2) is 6.45. The molecule has 1 heterocycles. The molecule has 1 aromatic heterocycles. The molecule has 0 saturated heterocycles. The van der Waals surface area contributed by atoms with Crippen LogP contribution in [0.4, 0.5) is 0 Å². The van der Waals surface area contributed by atoms with Gasteiger partial charge in [-0.05, 0) is 25.5 Å². The molecule has 1 aromatic rings. The molecule has 1 rings (SSSR count). The van der Waals surface area contributed by atoms with Crippen molar-refractivity contribution in [3.8, 4) is 0 Å². The van der Waals surface area contributed by atoms with Crippen molar-refractivity contribution in [2.75, 3.05) is 6.61 Å². The molecule has 1 unspecified atom stereocenters. The van der Waals surface area contributed by atoms with Crippen molar-refractivity contribution >= 4 is 17.7 Å². The van der Waals surface area contributed by atoms with E-state index in [4.69, 9.17) is 4.74 Å². The van der Waals surface area contributed by atoms with Gasteiger partial charge in [-0.15, -0.1) is 11.8 Å². The van der Waals surface area contributed by atoms with Crippen LogP contribution >= 0.6 is 11.8 Å². The lowest BCUT2D eigenvalue weighted by atomic mass is 10.3. The molecule has 4 heteroatoms. The van der Waals surface area contributed by atoms with E-state index in [1.54, 1.807) is 12.4 Å². The molecule has 0 amide bonds. The number of carbonyl (C=O) groups is 1. The molecule has 0 aliphatic rings. The fourth-order valence-corrected chi connectivity index (χ4v) is 2.05. The second-order valence-corrected chi connectivity index (χ2v) is 4.23. The van der Waals surface area contributed by atoms with Crippen molar-refractivity contribution in [1.29, 1.82) is 0 Å². The van der Waals surface area contributed by atoms with Crippen LogP contribution in [0.2, 0.25) is 0 Å². The third kappa shape index (κ3) is 3.91. The first-order valence-electron chi connectivity index (χ1n) is 5.01. The highest BCUT2D eigenvalue weighted by Crippen LogP contribution is 2.25. The van der Waals surface area contributed by atoms with Gasteiger partial charge in [-0.2, -0.15) is 0 Å². The topological polar surface area (TPSA) is 39.2 Å². The number of esters is 1. The normalized spacial score (nSPS) is 12.1. The number of hydrogen-bond acceptors (Lipinski definition) is 4. The Morgan fingerprint density at radius 1 is 1.47 bits per heavy atom. The fraction of sp³-hybridized carbons (Fsp3) is 0.455. The number of thioether (sulfide) groups is 1. The van der Waals surface area contributed by atoms with Gasteiger partial charge in [0.15, 0.2) is 0 Å². The Balaban J connectivity index is 2.58. The Morgan fingerprint density at radius 2 is 2.13 bits per heavy atom. The van der Waals surface area contributed by atoms with Gasteiger partial charge in [0.1, 0.15) is 5.25 Å². The number of aromatic nitrogens is 1. The predicted octanol–water partition coefficient (Wildman–Crippen LogP) is 2.52. The van der Waals surface area contributed by atoms with E-state index < -0.39 is 0 Å². The summed E-state index contributed by atoms with van der Waals surface area (Å²) in [6.07, 6.45) is 4.21. The third-order valence-corrected chi connectivity index (χ3v) is 3.20. The highest BCUT2D eigenvalue weighted by atomic mass is 32.2. The van der Waals surface area contributed by atoms with Gasteiger partial charge in [0.25, 0.3) is 0 Å². The Kier molecular flexibility index (Phi) is 5.18. The first-order chi connectivity index (χ1) is 7.27. The van der Waals surface area contributed by atoms with Crippen molar-refractivity contribution in [2.24, 2.45) is 0 Å². The van der Waals surface area contributed by atoms with E-state index in [1.165, 1.54) is 11.8 Å². The summed E-state index contributed by atoms with van der Waals surface area (Å²) in [5.74, 6) is -0.137. The van der Waals surface area contributed by atoms with Gasteiger partial charge >= 0.3 is 5.97 Å². The molecule has 0 radical (unpaired) electrons. The number of carbonyl (C=O) groups excluding carboxylic acids is 1. The maximum atomic E-state index is 11.5. The number of rotatable bonds is 5. The Bertz CT molecular complexity index is 303. The molecule has 15 heavy (non-hydrogen) atoms. The lowest BCUT2D eigenvalue weighted by molar-refractivity contribution is -0.142. The Hall–Kier alpha value is -1.03. The number of nitrogens with zero attached hydrogens (tertiary/aromatic N) is 1. The van der Waals surface area contributed by atoms with Crippen LogP contribution in [0.25, 0.3) is 0 Å². The molecule has 0 spiro atoms. The summed E-state index contributed by atoms with van der Waals surface area (Å²) in [6, 6.07) is 3.79. The average Bonchev–Trinajstić information content (AvgIpc) is 2.27. The Morgan fingerprint density at radius 3 is 2.67 bits per heavy atom.